The fourth-order valence-electron chi connectivity index (χ4n) is 5.26. The third-order valence-corrected chi connectivity index (χ3v) is 9.43. The van der Waals surface area contributed by atoms with E-state index in [2.05, 4.69) is 10.3 Å². The maximum Gasteiger partial charge on any atom is 0.332 e. The van der Waals surface area contributed by atoms with Gasteiger partial charge in [-0.1, -0.05) is 53.5 Å². The number of hydrogen-bond donors (Lipinski definition) is 1. The number of hydrogen-bond acceptors (Lipinski definition) is 9. The number of imide groups is 1. The first-order valence-electron chi connectivity index (χ1n) is 14.9. The van der Waals surface area contributed by atoms with Crippen molar-refractivity contribution in [2.75, 3.05) is 19.0 Å². The molecule has 1 aliphatic heterocycles. The second-order valence-corrected chi connectivity index (χ2v) is 13.1. The molecule has 3 heterocycles. The summed E-state index contributed by atoms with van der Waals surface area (Å²) < 4.78 is 15.5. The Morgan fingerprint density at radius 1 is 0.980 bits per heavy atom. The first-order valence-corrected chi connectivity index (χ1v) is 16.5. The van der Waals surface area contributed by atoms with Gasteiger partial charge in [0, 0.05) is 29.8 Å². The van der Waals surface area contributed by atoms with Crippen molar-refractivity contribution < 1.29 is 23.9 Å². The fraction of sp³-hybridized carbons (Fsp3) is 0.176. The third kappa shape index (κ3) is 6.64. The predicted molar refractivity (Wildman–Crippen MR) is 191 cm³/mol. The molecule has 0 saturated carbocycles. The number of para-hydroxylation sites is 1. The molecule has 0 atom stereocenters. The van der Waals surface area contributed by atoms with Crippen LogP contribution in [0, 0.1) is 6.92 Å². The van der Waals surface area contributed by atoms with Crippen LogP contribution in [-0.4, -0.2) is 54.3 Å². The Morgan fingerprint density at radius 2 is 1.74 bits per heavy atom. The van der Waals surface area contributed by atoms with Crippen LogP contribution in [0.2, 0.25) is 10.0 Å². The van der Waals surface area contributed by atoms with Crippen molar-refractivity contribution in [2.45, 2.75) is 13.5 Å². The van der Waals surface area contributed by atoms with E-state index < -0.39 is 34.8 Å². The summed E-state index contributed by atoms with van der Waals surface area (Å²) in [4.78, 5) is 70.1. The third-order valence-electron chi connectivity index (χ3n) is 7.94. The number of carbonyl (C=O) groups is 3. The number of anilines is 1. The number of aryl methyl sites for hydroxylation is 2. The molecule has 16 heteroatoms. The number of benzene rings is 3. The number of ether oxygens (including phenoxy) is 2. The molecule has 256 valence electrons. The molecular formula is C34H28Cl2N6O7S. The normalized spacial score (nSPS) is 13.8. The molecule has 1 saturated heterocycles. The van der Waals surface area contributed by atoms with Crippen molar-refractivity contribution in [3.05, 3.63) is 113 Å². The number of carbonyl (C=O) groups excluding carboxylic acids is 3. The number of nitrogens with one attached hydrogen (secondary N) is 1. The highest BCUT2D eigenvalue weighted by molar-refractivity contribution is 8.18. The van der Waals surface area contributed by atoms with Gasteiger partial charge in [0.1, 0.15) is 6.54 Å². The lowest BCUT2D eigenvalue weighted by Gasteiger charge is -2.14. The lowest BCUT2D eigenvalue weighted by Crippen LogP contribution is -2.37. The van der Waals surface area contributed by atoms with Crippen LogP contribution in [0.15, 0.2) is 75.2 Å². The molecule has 3 amide bonds. The number of rotatable bonds is 9. The minimum atomic E-state index is -0.610. The molecule has 2 aromatic heterocycles. The zero-order valence-corrected chi connectivity index (χ0v) is 29.4. The molecule has 50 heavy (non-hydrogen) atoms. The van der Waals surface area contributed by atoms with Crippen molar-refractivity contribution in [1.82, 2.24) is 23.6 Å². The van der Waals surface area contributed by atoms with Crippen LogP contribution in [0.3, 0.4) is 0 Å². The van der Waals surface area contributed by atoms with Gasteiger partial charge in [0.2, 0.25) is 5.91 Å². The van der Waals surface area contributed by atoms with E-state index in [9.17, 15) is 24.0 Å². The summed E-state index contributed by atoms with van der Waals surface area (Å²) in [5, 5.41) is 2.94. The number of thioether (sulfide) groups is 1. The number of amides is 3. The number of nitrogens with zero attached hydrogens (tertiary/aromatic N) is 5. The van der Waals surface area contributed by atoms with E-state index in [1.807, 2.05) is 19.1 Å². The van der Waals surface area contributed by atoms with Crippen molar-refractivity contribution >= 4 is 74.9 Å². The minimum Gasteiger partial charge on any atom is -0.493 e. The lowest BCUT2D eigenvalue weighted by molar-refractivity contribution is -0.127. The average molecular weight is 736 g/mol. The van der Waals surface area contributed by atoms with Gasteiger partial charge in [-0.15, -0.1) is 0 Å². The smallest absolute Gasteiger partial charge is 0.332 e. The SMILES string of the molecule is COc1cc(/C=C2\SC(=O)N(CC(=O)Nc3ccccc3C)C2=O)ccc1Oc1nc2c(c(=O)n(C)c(=O)n2C)n1Cc1ccc(Cl)cc1Cl. The minimum absolute atomic E-state index is 0.0274. The van der Waals surface area contributed by atoms with Crippen LogP contribution >= 0.6 is 35.0 Å². The molecule has 1 fully saturated rings. The molecule has 0 bridgehead atoms. The Kier molecular flexibility index (Phi) is 9.60. The Bertz CT molecular complexity index is 2380. The quantitative estimate of drug-likeness (QED) is 0.192. The highest BCUT2D eigenvalue weighted by atomic mass is 35.5. The van der Waals surface area contributed by atoms with E-state index in [0.717, 1.165) is 15.0 Å². The van der Waals surface area contributed by atoms with Gasteiger partial charge >= 0.3 is 11.7 Å². The number of fused-ring (bicyclic) bond motifs is 1. The summed E-state index contributed by atoms with van der Waals surface area (Å²) in [7, 11) is 4.28. The first-order chi connectivity index (χ1) is 23.9. The molecule has 1 N–H and O–H groups in total. The van der Waals surface area contributed by atoms with Crippen LogP contribution in [-0.2, 0) is 30.2 Å². The summed E-state index contributed by atoms with van der Waals surface area (Å²) in [5.41, 5.74) is 1.59. The number of methoxy groups -OCH3 is 1. The molecular weight excluding hydrogens is 707 g/mol. The van der Waals surface area contributed by atoms with Crippen LogP contribution in [0.4, 0.5) is 10.5 Å². The summed E-state index contributed by atoms with van der Waals surface area (Å²) in [6, 6.07) is 16.9. The van der Waals surface area contributed by atoms with Crippen LogP contribution < -0.4 is 26.0 Å². The van der Waals surface area contributed by atoms with Crippen molar-refractivity contribution in [3.63, 3.8) is 0 Å². The maximum absolute atomic E-state index is 13.3. The van der Waals surface area contributed by atoms with Gasteiger partial charge in [-0.3, -0.25) is 37.8 Å². The standard InChI is InChI=1S/C34H28Cl2N6O7S/c1-18-7-5-6-8-23(18)37-27(43)17-42-30(44)26(50-34(42)47)14-19-9-12-24(25(13-19)48-4)49-32-38-29-28(31(45)40(3)33(46)39(29)2)41(32)16-20-10-11-21(35)15-22(20)36/h5-15H,16-17H2,1-4H3,(H,37,43)/b26-14-. The molecule has 0 radical (unpaired) electrons. The van der Waals surface area contributed by atoms with Crippen LogP contribution in [0.25, 0.3) is 17.2 Å². The van der Waals surface area contributed by atoms with Crippen molar-refractivity contribution in [1.29, 1.82) is 0 Å². The van der Waals surface area contributed by atoms with Gasteiger partial charge in [-0.05, 0) is 71.8 Å². The topological polar surface area (TPSA) is 147 Å². The molecule has 3 aromatic carbocycles. The lowest BCUT2D eigenvalue weighted by atomic mass is 10.2. The second-order valence-electron chi connectivity index (χ2n) is 11.2. The average Bonchev–Trinajstić information content (AvgIpc) is 3.57. The van der Waals surface area contributed by atoms with E-state index in [0.29, 0.717) is 38.6 Å². The number of halogens is 2. The molecule has 0 spiro atoms. The van der Waals surface area contributed by atoms with E-state index in [1.54, 1.807) is 48.5 Å². The fourth-order valence-corrected chi connectivity index (χ4v) is 6.57. The van der Waals surface area contributed by atoms with Crippen molar-refractivity contribution in [2.24, 2.45) is 14.1 Å². The van der Waals surface area contributed by atoms with Crippen LogP contribution in [0.1, 0.15) is 16.7 Å². The van der Waals surface area contributed by atoms with Gasteiger partial charge in [-0.25, -0.2) is 4.79 Å². The van der Waals surface area contributed by atoms with E-state index in [4.69, 9.17) is 32.7 Å². The predicted octanol–water partition coefficient (Wildman–Crippen LogP) is 5.57. The monoisotopic (exact) mass is 734 g/mol. The molecule has 0 aliphatic carbocycles. The van der Waals surface area contributed by atoms with Crippen molar-refractivity contribution in [3.8, 4) is 17.5 Å². The highest BCUT2D eigenvalue weighted by Crippen LogP contribution is 2.37. The van der Waals surface area contributed by atoms with E-state index in [-0.39, 0.29) is 40.1 Å². The Hall–Kier alpha value is -5.31. The van der Waals surface area contributed by atoms with Gasteiger partial charge in [-0.2, -0.15) is 4.98 Å². The van der Waals surface area contributed by atoms with E-state index in [1.165, 1.54) is 36.4 Å². The largest absolute Gasteiger partial charge is 0.493 e. The second kappa shape index (κ2) is 13.9. The number of aromatic nitrogens is 4. The van der Waals surface area contributed by atoms with Crippen LogP contribution in [0.5, 0.6) is 17.5 Å². The summed E-state index contributed by atoms with van der Waals surface area (Å²) in [6.45, 7) is 1.44. The maximum atomic E-state index is 13.3. The van der Waals surface area contributed by atoms with E-state index >= 15 is 0 Å². The zero-order valence-electron chi connectivity index (χ0n) is 27.0. The highest BCUT2D eigenvalue weighted by Gasteiger charge is 2.36. The molecule has 1 aliphatic rings. The van der Waals surface area contributed by atoms with Gasteiger partial charge < -0.3 is 14.8 Å². The first kappa shape index (κ1) is 34.5. The molecule has 6 rings (SSSR count). The Morgan fingerprint density at radius 3 is 2.46 bits per heavy atom. The summed E-state index contributed by atoms with van der Waals surface area (Å²) in [5.74, 6) is -0.680. The molecule has 13 nitrogen and oxygen atoms in total. The van der Waals surface area contributed by atoms with Gasteiger partial charge in [0.25, 0.3) is 16.7 Å². The molecule has 5 aromatic rings. The Labute approximate surface area is 298 Å². The summed E-state index contributed by atoms with van der Waals surface area (Å²) in [6.07, 6.45) is 1.51. The zero-order chi connectivity index (χ0) is 35.9. The van der Waals surface area contributed by atoms with Gasteiger partial charge in [0.05, 0.1) is 18.6 Å². The van der Waals surface area contributed by atoms with Gasteiger partial charge in [0.15, 0.2) is 22.7 Å². The number of imidazole rings is 1. The molecule has 0 unspecified atom stereocenters. The Balaban J connectivity index is 1.29. The summed E-state index contributed by atoms with van der Waals surface area (Å²) >= 11 is 13.3.